The number of carboxylic acids is 1. The van der Waals surface area contributed by atoms with Crippen LogP contribution in [0.25, 0.3) is 10.9 Å². The number of amides is 1. The minimum Gasteiger partial charge on any atom is -0.480 e. The van der Waals surface area contributed by atoms with Gasteiger partial charge in [0.05, 0.1) is 12.3 Å². The van der Waals surface area contributed by atoms with Gasteiger partial charge in [-0.3, -0.25) is 4.79 Å². The van der Waals surface area contributed by atoms with E-state index in [1.165, 1.54) is 11.8 Å². The monoisotopic (exact) mass is 449 g/mol. The van der Waals surface area contributed by atoms with E-state index in [9.17, 15) is 14.7 Å². The highest BCUT2D eigenvalue weighted by Gasteiger charge is 2.22. The SMILES string of the molecule is Cc1nnc(SCC(=O)NC(Cc2c[nH]c3ccccc23)C(=O)O)n1Cc1ccccc1. The third-order valence-corrected chi connectivity index (χ3v) is 6.12. The van der Waals surface area contributed by atoms with Gasteiger partial charge in [0.15, 0.2) is 5.16 Å². The quantitative estimate of drug-likeness (QED) is 0.339. The molecule has 0 radical (unpaired) electrons. The normalized spacial score (nSPS) is 12.0. The van der Waals surface area contributed by atoms with Crippen molar-refractivity contribution in [2.75, 3.05) is 5.75 Å². The number of carbonyl (C=O) groups excluding carboxylic acids is 1. The third kappa shape index (κ3) is 5.00. The van der Waals surface area contributed by atoms with Crippen molar-refractivity contribution in [2.24, 2.45) is 0 Å². The van der Waals surface area contributed by atoms with Crippen LogP contribution < -0.4 is 5.32 Å². The van der Waals surface area contributed by atoms with E-state index in [-0.39, 0.29) is 18.1 Å². The lowest BCUT2D eigenvalue weighted by Crippen LogP contribution is -2.43. The van der Waals surface area contributed by atoms with E-state index in [2.05, 4.69) is 20.5 Å². The van der Waals surface area contributed by atoms with Crippen molar-refractivity contribution in [3.63, 3.8) is 0 Å². The van der Waals surface area contributed by atoms with E-state index in [1.807, 2.05) is 66.1 Å². The number of carboxylic acid groups (broad SMARTS) is 1. The molecule has 2 aromatic carbocycles. The molecule has 0 aliphatic carbocycles. The van der Waals surface area contributed by atoms with Crippen molar-refractivity contribution in [3.05, 3.63) is 77.7 Å². The van der Waals surface area contributed by atoms with E-state index in [4.69, 9.17) is 0 Å². The van der Waals surface area contributed by atoms with Gasteiger partial charge in [0, 0.05) is 23.5 Å². The Morgan fingerprint density at radius 2 is 1.88 bits per heavy atom. The zero-order valence-electron chi connectivity index (χ0n) is 17.5. The first kappa shape index (κ1) is 21.6. The molecule has 0 fully saturated rings. The fourth-order valence-corrected chi connectivity index (χ4v) is 4.30. The van der Waals surface area contributed by atoms with E-state index >= 15 is 0 Å². The molecule has 1 amide bonds. The number of nitrogens with one attached hydrogen (secondary N) is 2. The van der Waals surface area contributed by atoms with Crippen LogP contribution in [0.5, 0.6) is 0 Å². The maximum atomic E-state index is 12.5. The molecule has 9 heteroatoms. The predicted molar refractivity (Wildman–Crippen MR) is 123 cm³/mol. The average Bonchev–Trinajstić information content (AvgIpc) is 3.36. The second-order valence-corrected chi connectivity index (χ2v) is 8.35. The second-order valence-electron chi connectivity index (χ2n) is 7.41. The third-order valence-electron chi connectivity index (χ3n) is 5.15. The minimum atomic E-state index is -1.07. The molecular formula is C23H23N5O3S. The average molecular weight is 450 g/mol. The van der Waals surface area contributed by atoms with Crippen LogP contribution in [0, 0.1) is 6.92 Å². The Balaban J connectivity index is 1.39. The number of aliphatic carboxylic acids is 1. The van der Waals surface area contributed by atoms with Gasteiger partial charge in [-0.1, -0.05) is 60.3 Å². The van der Waals surface area contributed by atoms with E-state index < -0.39 is 12.0 Å². The van der Waals surface area contributed by atoms with Gasteiger partial charge in [-0.15, -0.1) is 10.2 Å². The van der Waals surface area contributed by atoms with Crippen LogP contribution in [0.3, 0.4) is 0 Å². The van der Waals surface area contributed by atoms with Gasteiger partial charge in [0.25, 0.3) is 0 Å². The molecular weight excluding hydrogens is 426 g/mol. The van der Waals surface area contributed by atoms with Crippen molar-refractivity contribution < 1.29 is 14.7 Å². The number of nitrogens with zero attached hydrogens (tertiary/aromatic N) is 3. The zero-order chi connectivity index (χ0) is 22.5. The number of hydrogen-bond acceptors (Lipinski definition) is 5. The number of para-hydroxylation sites is 1. The Kier molecular flexibility index (Phi) is 6.55. The second kappa shape index (κ2) is 9.69. The molecule has 164 valence electrons. The zero-order valence-corrected chi connectivity index (χ0v) is 18.3. The topological polar surface area (TPSA) is 113 Å². The number of thioether (sulfide) groups is 1. The Hall–Kier alpha value is -3.59. The molecule has 2 heterocycles. The van der Waals surface area contributed by atoms with Crippen LogP contribution in [0.1, 0.15) is 17.0 Å². The summed E-state index contributed by atoms with van der Waals surface area (Å²) in [5.74, 6) is -0.643. The Labute approximate surface area is 189 Å². The number of aromatic amines is 1. The maximum absolute atomic E-state index is 12.5. The summed E-state index contributed by atoms with van der Waals surface area (Å²) < 4.78 is 1.94. The number of aryl methyl sites for hydroxylation is 1. The molecule has 2 aromatic heterocycles. The lowest BCUT2D eigenvalue weighted by molar-refractivity contribution is -0.141. The van der Waals surface area contributed by atoms with Gasteiger partial charge in [-0.05, 0) is 24.1 Å². The molecule has 4 aromatic rings. The first-order valence-electron chi connectivity index (χ1n) is 10.1. The molecule has 1 unspecified atom stereocenters. The Bertz CT molecular complexity index is 1230. The molecule has 32 heavy (non-hydrogen) atoms. The molecule has 0 saturated heterocycles. The van der Waals surface area contributed by atoms with Crippen LogP contribution in [0.15, 0.2) is 66.0 Å². The Morgan fingerprint density at radius 3 is 2.66 bits per heavy atom. The number of benzene rings is 2. The molecule has 3 N–H and O–H groups in total. The largest absolute Gasteiger partial charge is 0.480 e. The van der Waals surface area contributed by atoms with Gasteiger partial charge in [0.2, 0.25) is 5.91 Å². The highest BCUT2D eigenvalue weighted by Crippen LogP contribution is 2.20. The summed E-state index contributed by atoms with van der Waals surface area (Å²) in [7, 11) is 0. The number of carbonyl (C=O) groups is 2. The molecule has 0 aliphatic heterocycles. The minimum absolute atomic E-state index is 0.0462. The molecule has 0 aliphatic rings. The lowest BCUT2D eigenvalue weighted by Gasteiger charge is -2.14. The number of rotatable bonds is 9. The molecule has 4 rings (SSSR count). The number of H-pyrrole nitrogens is 1. The van der Waals surface area contributed by atoms with E-state index in [0.717, 1.165) is 27.9 Å². The number of fused-ring (bicyclic) bond motifs is 1. The smallest absolute Gasteiger partial charge is 0.326 e. The number of aromatic nitrogens is 4. The summed E-state index contributed by atoms with van der Waals surface area (Å²) in [5, 5.41) is 22.1. The number of hydrogen-bond donors (Lipinski definition) is 3. The fraction of sp³-hybridized carbons (Fsp3) is 0.217. The molecule has 1 atom stereocenters. The van der Waals surface area contributed by atoms with Crippen molar-refractivity contribution in [2.45, 2.75) is 31.1 Å². The standard InChI is InChI=1S/C23H23N5O3S/c1-15-26-27-23(28(15)13-16-7-3-2-4-8-16)32-14-21(29)25-20(22(30)31)11-17-12-24-19-10-6-5-9-18(17)19/h2-10,12,20,24H,11,13-14H2,1H3,(H,25,29)(H,30,31). The van der Waals surface area contributed by atoms with Crippen LogP contribution in [0.4, 0.5) is 0 Å². The summed E-state index contributed by atoms with van der Waals surface area (Å²) in [6, 6.07) is 16.6. The van der Waals surface area contributed by atoms with Crippen LogP contribution >= 0.6 is 11.8 Å². The van der Waals surface area contributed by atoms with Gasteiger partial charge >= 0.3 is 5.97 Å². The molecule has 0 saturated carbocycles. The summed E-state index contributed by atoms with van der Waals surface area (Å²) in [6.45, 7) is 2.46. The highest BCUT2D eigenvalue weighted by atomic mass is 32.2. The summed E-state index contributed by atoms with van der Waals surface area (Å²) in [5.41, 5.74) is 2.88. The van der Waals surface area contributed by atoms with Gasteiger partial charge < -0.3 is 20.0 Å². The highest BCUT2D eigenvalue weighted by molar-refractivity contribution is 7.99. The van der Waals surface area contributed by atoms with E-state index in [1.54, 1.807) is 6.20 Å². The molecule has 8 nitrogen and oxygen atoms in total. The summed E-state index contributed by atoms with van der Waals surface area (Å²) in [6.07, 6.45) is 1.98. The van der Waals surface area contributed by atoms with Crippen LogP contribution in [0.2, 0.25) is 0 Å². The van der Waals surface area contributed by atoms with Gasteiger partial charge in [-0.25, -0.2) is 4.79 Å². The maximum Gasteiger partial charge on any atom is 0.326 e. The molecule has 0 spiro atoms. The van der Waals surface area contributed by atoms with Crippen molar-refractivity contribution >= 4 is 34.5 Å². The summed E-state index contributed by atoms with van der Waals surface area (Å²) in [4.78, 5) is 27.4. The first-order valence-corrected chi connectivity index (χ1v) is 11.1. The Morgan fingerprint density at radius 1 is 1.12 bits per heavy atom. The fourth-order valence-electron chi connectivity index (χ4n) is 3.50. The van der Waals surface area contributed by atoms with E-state index in [0.29, 0.717) is 11.7 Å². The molecule has 0 bridgehead atoms. The summed E-state index contributed by atoms with van der Waals surface area (Å²) >= 11 is 1.24. The van der Waals surface area contributed by atoms with Gasteiger partial charge in [0.1, 0.15) is 11.9 Å². The first-order chi connectivity index (χ1) is 15.5. The predicted octanol–water partition coefficient (Wildman–Crippen LogP) is 3.02. The van der Waals surface area contributed by atoms with Gasteiger partial charge in [-0.2, -0.15) is 0 Å². The van der Waals surface area contributed by atoms with Crippen LogP contribution in [-0.2, 0) is 22.6 Å². The lowest BCUT2D eigenvalue weighted by atomic mass is 10.1. The van der Waals surface area contributed by atoms with Crippen molar-refractivity contribution in [1.82, 2.24) is 25.1 Å². The van der Waals surface area contributed by atoms with Crippen molar-refractivity contribution in [3.8, 4) is 0 Å². The van der Waals surface area contributed by atoms with Crippen LogP contribution in [-0.4, -0.2) is 48.5 Å². The van der Waals surface area contributed by atoms with Crippen molar-refractivity contribution in [1.29, 1.82) is 0 Å².